The summed E-state index contributed by atoms with van der Waals surface area (Å²) < 4.78 is 0. The monoisotopic (exact) mass is 273 g/mol. The lowest BCUT2D eigenvalue weighted by Crippen LogP contribution is -2.38. The van der Waals surface area contributed by atoms with E-state index in [0.29, 0.717) is 11.3 Å². The number of rotatable bonds is 3. The molecule has 1 N–H and O–H groups in total. The van der Waals surface area contributed by atoms with E-state index in [0.717, 1.165) is 16.2 Å². The largest absolute Gasteiger partial charge is 0.347 e. The molecular formula is C11H15NOS3. The van der Waals surface area contributed by atoms with Gasteiger partial charge in [-0.3, -0.25) is 4.79 Å². The molecule has 0 radical (unpaired) electrons. The molecule has 1 aromatic heterocycles. The fourth-order valence-electron chi connectivity index (χ4n) is 2.06. The van der Waals surface area contributed by atoms with E-state index in [2.05, 4.69) is 24.2 Å². The summed E-state index contributed by atoms with van der Waals surface area (Å²) in [4.78, 5) is 13.6. The highest BCUT2D eigenvalue weighted by Gasteiger charge is 2.28. The Labute approximate surface area is 110 Å². The normalized spacial score (nSPS) is 24.6. The van der Waals surface area contributed by atoms with Crippen molar-refractivity contribution >= 4 is 41.6 Å². The maximum absolute atomic E-state index is 11.9. The lowest BCUT2D eigenvalue weighted by atomic mass is 10.2. The predicted molar refractivity (Wildman–Crippen MR) is 74.0 cm³/mol. The van der Waals surface area contributed by atoms with Gasteiger partial charge in [-0.05, 0) is 25.2 Å². The second kappa shape index (κ2) is 5.47. The van der Waals surface area contributed by atoms with Crippen LogP contribution in [0.1, 0.15) is 28.9 Å². The first-order chi connectivity index (χ1) is 7.70. The summed E-state index contributed by atoms with van der Waals surface area (Å²) in [6.45, 7) is 0. The van der Waals surface area contributed by atoms with E-state index >= 15 is 0 Å². The Morgan fingerprint density at radius 1 is 1.62 bits per heavy atom. The van der Waals surface area contributed by atoms with E-state index in [1.165, 1.54) is 24.2 Å². The van der Waals surface area contributed by atoms with Gasteiger partial charge in [0.25, 0.3) is 5.91 Å². The van der Waals surface area contributed by atoms with E-state index in [-0.39, 0.29) is 5.91 Å². The van der Waals surface area contributed by atoms with Crippen LogP contribution in [0.15, 0.2) is 16.3 Å². The Morgan fingerprint density at radius 2 is 2.44 bits per heavy atom. The van der Waals surface area contributed by atoms with Crippen molar-refractivity contribution in [1.29, 1.82) is 0 Å². The molecule has 1 heterocycles. The Bertz CT molecular complexity index is 377. The first kappa shape index (κ1) is 12.3. The summed E-state index contributed by atoms with van der Waals surface area (Å²) >= 11 is 7.52. The van der Waals surface area contributed by atoms with E-state index in [4.69, 9.17) is 0 Å². The molecule has 1 aliphatic carbocycles. The van der Waals surface area contributed by atoms with Gasteiger partial charge in [-0.15, -0.1) is 24.0 Å². The Kier molecular flexibility index (Phi) is 4.21. The van der Waals surface area contributed by atoms with Crippen LogP contribution in [0.2, 0.25) is 0 Å². The Morgan fingerprint density at radius 3 is 3.06 bits per heavy atom. The zero-order valence-corrected chi connectivity index (χ0v) is 11.6. The number of carbonyl (C=O) groups excluding carboxylic acids is 1. The van der Waals surface area contributed by atoms with Crippen LogP contribution in [0.4, 0.5) is 0 Å². The van der Waals surface area contributed by atoms with Gasteiger partial charge in [0.1, 0.15) is 0 Å². The summed E-state index contributed by atoms with van der Waals surface area (Å²) in [5.74, 6) is 0.0521. The van der Waals surface area contributed by atoms with E-state index in [1.54, 1.807) is 0 Å². The quantitative estimate of drug-likeness (QED) is 0.829. The Hall–Kier alpha value is -0.130. The van der Waals surface area contributed by atoms with E-state index in [9.17, 15) is 4.79 Å². The van der Waals surface area contributed by atoms with E-state index in [1.807, 2.05) is 23.2 Å². The van der Waals surface area contributed by atoms with Gasteiger partial charge in [0.15, 0.2) is 0 Å². The number of thiol groups is 1. The number of nitrogens with one attached hydrogen (secondary N) is 1. The molecule has 0 bridgehead atoms. The van der Waals surface area contributed by atoms with E-state index < -0.39 is 0 Å². The molecule has 16 heavy (non-hydrogen) atoms. The molecule has 1 aliphatic rings. The molecule has 1 saturated carbocycles. The third-order valence-corrected chi connectivity index (χ3v) is 5.41. The maximum atomic E-state index is 11.9. The number of amides is 1. The van der Waals surface area contributed by atoms with Crippen LogP contribution in [0.5, 0.6) is 0 Å². The minimum atomic E-state index is 0.0521. The molecule has 0 saturated heterocycles. The van der Waals surface area contributed by atoms with Crippen molar-refractivity contribution in [2.45, 2.75) is 35.4 Å². The van der Waals surface area contributed by atoms with Crippen molar-refractivity contribution in [3.05, 3.63) is 16.3 Å². The second-order valence-electron chi connectivity index (χ2n) is 3.95. The topological polar surface area (TPSA) is 29.1 Å². The molecule has 2 unspecified atom stereocenters. The first-order valence-electron chi connectivity index (χ1n) is 5.32. The molecule has 2 rings (SSSR count). The van der Waals surface area contributed by atoms with Gasteiger partial charge >= 0.3 is 0 Å². The van der Waals surface area contributed by atoms with Gasteiger partial charge < -0.3 is 5.32 Å². The molecule has 0 spiro atoms. The van der Waals surface area contributed by atoms with Crippen LogP contribution >= 0.6 is 35.7 Å². The molecule has 0 aromatic carbocycles. The summed E-state index contributed by atoms with van der Waals surface area (Å²) in [7, 11) is 0. The second-order valence-corrected chi connectivity index (χ2v) is 6.46. The Balaban J connectivity index is 1.97. The van der Waals surface area contributed by atoms with Crippen LogP contribution < -0.4 is 5.32 Å². The van der Waals surface area contributed by atoms with Gasteiger partial charge in [-0.1, -0.05) is 6.42 Å². The summed E-state index contributed by atoms with van der Waals surface area (Å²) in [6, 6.07) is 2.17. The predicted octanol–water partition coefficient (Wildman–Crippen LogP) is 3.05. The van der Waals surface area contributed by atoms with Crippen molar-refractivity contribution in [3.63, 3.8) is 0 Å². The molecule has 1 fully saturated rings. The first-order valence-corrected chi connectivity index (χ1v) is 7.93. The molecule has 5 heteroatoms. The third kappa shape index (κ3) is 2.76. The fraction of sp³-hybridized carbons (Fsp3) is 0.545. The molecule has 0 aliphatic heterocycles. The molecule has 1 amide bonds. The summed E-state index contributed by atoms with van der Waals surface area (Å²) in [5, 5.41) is 5.60. The highest BCUT2D eigenvalue weighted by atomic mass is 32.2. The minimum absolute atomic E-state index is 0.0521. The number of hydrogen-bond acceptors (Lipinski definition) is 4. The highest BCUT2D eigenvalue weighted by molar-refractivity contribution is 7.99. The standard InChI is InChI=1S/C11H15NOS3/c1-15-9-4-2-3-8(9)12-11(13)10-5-7(14)6-16-10/h5-6,8-9,14H,2-4H2,1H3,(H,12,13). The van der Waals surface area contributed by atoms with Gasteiger partial charge in [-0.2, -0.15) is 11.8 Å². The number of hydrogen-bond donors (Lipinski definition) is 2. The van der Waals surface area contributed by atoms with Gasteiger partial charge in [0.2, 0.25) is 0 Å². The van der Waals surface area contributed by atoms with Crippen LogP contribution in [0.3, 0.4) is 0 Å². The smallest absolute Gasteiger partial charge is 0.261 e. The highest BCUT2D eigenvalue weighted by Crippen LogP contribution is 2.29. The number of carbonyl (C=O) groups is 1. The molecule has 2 nitrogen and oxygen atoms in total. The fourth-order valence-corrected chi connectivity index (χ4v) is 4.04. The maximum Gasteiger partial charge on any atom is 0.261 e. The molecule has 1 aromatic rings. The third-order valence-electron chi connectivity index (χ3n) is 2.88. The minimum Gasteiger partial charge on any atom is -0.347 e. The van der Waals surface area contributed by atoms with Gasteiger partial charge in [0, 0.05) is 21.6 Å². The van der Waals surface area contributed by atoms with Crippen molar-refractivity contribution in [2.75, 3.05) is 6.26 Å². The van der Waals surface area contributed by atoms with Gasteiger partial charge in [0.05, 0.1) is 4.88 Å². The lowest BCUT2D eigenvalue weighted by Gasteiger charge is -2.18. The SMILES string of the molecule is CSC1CCCC1NC(=O)c1cc(S)cs1. The zero-order valence-electron chi connectivity index (χ0n) is 9.10. The van der Waals surface area contributed by atoms with Crippen LogP contribution in [0.25, 0.3) is 0 Å². The number of thiophene rings is 1. The van der Waals surface area contributed by atoms with Crippen molar-refractivity contribution in [2.24, 2.45) is 0 Å². The van der Waals surface area contributed by atoms with Crippen LogP contribution in [0, 0.1) is 0 Å². The van der Waals surface area contributed by atoms with Crippen molar-refractivity contribution < 1.29 is 4.79 Å². The number of thioether (sulfide) groups is 1. The van der Waals surface area contributed by atoms with Crippen molar-refractivity contribution in [3.8, 4) is 0 Å². The molecule has 88 valence electrons. The summed E-state index contributed by atoms with van der Waals surface area (Å²) in [5.41, 5.74) is 0. The van der Waals surface area contributed by atoms with Crippen LogP contribution in [-0.4, -0.2) is 23.5 Å². The van der Waals surface area contributed by atoms with Crippen molar-refractivity contribution in [1.82, 2.24) is 5.32 Å². The average molecular weight is 273 g/mol. The van der Waals surface area contributed by atoms with Gasteiger partial charge in [-0.25, -0.2) is 0 Å². The summed E-state index contributed by atoms with van der Waals surface area (Å²) in [6.07, 6.45) is 5.66. The average Bonchev–Trinajstić information content (AvgIpc) is 2.86. The molecular weight excluding hydrogens is 258 g/mol. The zero-order chi connectivity index (χ0) is 11.5. The lowest BCUT2D eigenvalue weighted by molar-refractivity contribution is 0.0942. The van der Waals surface area contributed by atoms with Crippen LogP contribution in [-0.2, 0) is 0 Å². The molecule has 2 atom stereocenters.